The van der Waals surface area contributed by atoms with Crippen LogP contribution in [0.15, 0.2) is 65.7 Å². The number of thiazole rings is 1. The van der Waals surface area contributed by atoms with Crippen LogP contribution in [0.1, 0.15) is 10.4 Å². The van der Waals surface area contributed by atoms with Gasteiger partial charge in [0.15, 0.2) is 0 Å². The van der Waals surface area contributed by atoms with Crippen molar-refractivity contribution < 1.29 is 4.79 Å². The summed E-state index contributed by atoms with van der Waals surface area (Å²) in [5, 5.41) is 3.62. The van der Waals surface area contributed by atoms with E-state index in [4.69, 9.17) is 0 Å². The fourth-order valence-electron chi connectivity index (χ4n) is 2.56. The maximum absolute atomic E-state index is 12.3. The van der Waals surface area contributed by atoms with Crippen LogP contribution in [-0.4, -0.2) is 20.4 Å². The number of aromatic nitrogens is 3. The molecular formula is C19H14N4O2S. The number of carbonyl (C=O) groups excluding carboxylic acids is 1. The summed E-state index contributed by atoms with van der Waals surface area (Å²) >= 11 is 1.52. The van der Waals surface area contributed by atoms with Crippen molar-refractivity contribution in [3.05, 3.63) is 76.8 Å². The number of carbonyl (C=O) groups is 1. The fraction of sp³-hybridized carbons (Fsp3) is 0.0526. The van der Waals surface area contributed by atoms with E-state index in [9.17, 15) is 9.59 Å². The normalized spacial score (nSPS) is 10.8. The lowest BCUT2D eigenvalue weighted by Gasteiger charge is -2.06. The molecule has 0 unspecified atom stereocenters. The Bertz CT molecular complexity index is 1130. The van der Waals surface area contributed by atoms with E-state index in [0.29, 0.717) is 5.69 Å². The number of rotatable bonds is 3. The molecule has 0 radical (unpaired) electrons. The summed E-state index contributed by atoms with van der Waals surface area (Å²) in [6.07, 6.45) is 3.36. The van der Waals surface area contributed by atoms with Crippen LogP contribution in [-0.2, 0) is 7.05 Å². The van der Waals surface area contributed by atoms with Crippen LogP contribution in [0.3, 0.4) is 0 Å². The monoisotopic (exact) mass is 362 g/mol. The van der Waals surface area contributed by atoms with E-state index in [1.54, 1.807) is 37.6 Å². The lowest BCUT2D eigenvalue weighted by Crippen LogP contribution is -2.26. The van der Waals surface area contributed by atoms with E-state index in [-0.39, 0.29) is 11.1 Å². The lowest BCUT2D eigenvalue weighted by molar-refractivity contribution is 0.102. The molecule has 0 aliphatic rings. The van der Waals surface area contributed by atoms with E-state index in [1.165, 1.54) is 22.0 Å². The maximum Gasteiger partial charge on any atom is 0.263 e. The molecule has 7 heteroatoms. The molecule has 6 nitrogen and oxygen atoms in total. The molecule has 4 rings (SSSR count). The van der Waals surface area contributed by atoms with Gasteiger partial charge in [-0.1, -0.05) is 11.3 Å². The van der Waals surface area contributed by atoms with Gasteiger partial charge in [0.1, 0.15) is 20.9 Å². The van der Waals surface area contributed by atoms with Gasteiger partial charge in [0.2, 0.25) is 0 Å². The molecule has 3 heterocycles. The van der Waals surface area contributed by atoms with Crippen molar-refractivity contribution in [1.29, 1.82) is 0 Å². The summed E-state index contributed by atoms with van der Waals surface area (Å²) in [6, 6.07) is 14.3. The first-order valence-electron chi connectivity index (χ1n) is 7.91. The predicted octanol–water partition coefficient (Wildman–Crippen LogP) is 3.31. The lowest BCUT2D eigenvalue weighted by atomic mass is 10.2. The highest BCUT2D eigenvalue weighted by atomic mass is 32.1. The Kier molecular flexibility index (Phi) is 4.06. The van der Waals surface area contributed by atoms with Crippen LogP contribution >= 0.6 is 11.3 Å². The minimum absolute atomic E-state index is 0.108. The summed E-state index contributed by atoms with van der Waals surface area (Å²) in [6.45, 7) is 0. The van der Waals surface area contributed by atoms with Crippen molar-refractivity contribution in [3.63, 3.8) is 0 Å². The standard InChI is InChI=1S/C19H14N4O2S/c1-23-11-3-4-14(19(23)25)16(24)21-13-8-6-12(7-9-13)17-22-15-5-2-10-20-18(15)26-17/h2-11H,1H3,(H,21,24). The topological polar surface area (TPSA) is 76.9 Å². The van der Waals surface area contributed by atoms with Crippen molar-refractivity contribution in [1.82, 2.24) is 14.5 Å². The maximum atomic E-state index is 12.3. The van der Waals surface area contributed by atoms with E-state index < -0.39 is 5.91 Å². The SMILES string of the molecule is Cn1cccc(C(=O)Nc2ccc(-c3nc4cccnc4s3)cc2)c1=O. The molecule has 1 N–H and O–H groups in total. The number of anilines is 1. The van der Waals surface area contributed by atoms with E-state index >= 15 is 0 Å². The van der Waals surface area contributed by atoms with Crippen LogP contribution in [0.4, 0.5) is 5.69 Å². The second kappa shape index (κ2) is 6.53. The predicted molar refractivity (Wildman–Crippen MR) is 102 cm³/mol. The third-order valence-electron chi connectivity index (χ3n) is 3.92. The highest BCUT2D eigenvalue weighted by molar-refractivity contribution is 7.21. The summed E-state index contributed by atoms with van der Waals surface area (Å²) in [4.78, 5) is 34.1. The number of aryl methyl sites for hydroxylation is 1. The molecule has 0 saturated heterocycles. The van der Waals surface area contributed by atoms with E-state index in [0.717, 1.165) is 20.9 Å². The molecule has 0 aliphatic carbocycles. The average molecular weight is 362 g/mol. The van der Waals surface area contributed by atoms with Gasteiger partial charge in [-0.25, -0.2) is 9.97 Å². The molecule has 0 saturated carbocycles. The van der Waals surface area contributed by atoms with Crippen LogP contribution in [0.25, 0.3) is 20.9 Å². The van der Waals surface area contributed by atoms with Gasteiger partial charge >= 0.3 is 0 Å². The Hall–Kier alpha value is -3.32. The average Bonchev–Trinajstić information content (AvgIpc) is 3.08. The molecule has 0 spiro atoms. The summed E-state index contributed by atoms with van der Waals surface area (Å²) in [5.74, 6) is -0.428. The van der Waals surface area contributed by atoms with Gasteiger partial charge in [-0.3, -0.25) is 9.59 Å². The van der Waals surface area contributed by atoms with Gasteiger partial charge in [0, 0.05) is 30.7 Å². The highest BCUT2D eigenvalue weighted by Crippen LogP contribution is 2.29. The number of benzene rings is 1. The molecule has 0 bridgehead atoms. The van der Waals surface area contributed by atoms with Gasteiger partial charge in [-0.15, -0.1) is 0 Å². The number of fused-ring (bicyclic) bond motifs is 1. The molecule has 4 aromatic rings. The van der Waals surface area contributed by atoms with Crippen LogP contribution in [0.5, 0.6) is 0 Å². The zero-order valence-corrected chi connectivity index (χ0v) is 14.7. The van der Waals surface area contributed by atoms with Crippen LogP contribution in [0, 0.1) is 0 Å². The second-order valence-electron chi connectivity index (χ2n) is 5.72. The number of hydrogen-bond acceptors (Lipinski definition) is 5. The highest BCUT2D eigenvalue weighted by Gasteiger charge is 2.12. The Balaban J connectivity index is 1.57. The Morgan fingerprint density at radius 3 is 2.69 bits per heavy atom. The van der Waals surface area contributed by atoms with Gasteiger partial charge in [0.05, 0.1) is 0 Å². The summed E-state index contributed by atoms with van der Waals surface area (Å²) in [7, 11) is 1.61. The quantitative estimate of drug-likeness (QED) is 0.607. The first kappa shape index (κ1) is 16.2. The smallest absolute Gasteiger partial charge is 0.263 e. The fourth-order valence-corrected chi connectivity index (χ4v) is 3.47. The van der Waals surface area contributed by atoms with Crippen molar-refractivity contribution in [2.45, 2.75) is 0 Å². The number of amides is 1. The minimum atomic E-state index is -0.428. The largest absolute Gasteiger partial charge is 0.322 e. The molecule has 0 atom stereocenters. The van der Waals surface area contributed by atoms with Gasteiger partial charge in [-0.05, 0) is 48.5 Å². The van der Waals surface area contributed by atoms with Crippen molar-refractivity contribution in [3.8, 4) is 10.6 Å². The Labute approximate surface area is 152 Å². The molecule has 26 heavy (non-hydrogen) atoms. The molecule has 1 amide bonds. The Morgan fingerprint density at radius 2 is 1.92 bits per heavy atom. The van der Waals surface area contributed by atoms with E-state index in [1.807, 2.05) is 24.3 Å². The molecule has 128 valence electrons. The Morgan fingerprint density at radius 1 is 1.12 bits per heavy atom. The van der Waals surface area contributed by atoms with Gasteiger partial charge in [-0.2, -0.15) is 0 Å². The van der Waals surface area contributed by atoms with Crippen molar-refractivity contribution in [2.24, 2.45) is 7.05 Å². The number of nitrogens with zero attached hydrogens (tertiary/aromatic N) is 3. The van der Waals surface area contributed by atoms with Crippen LogP contribution in [0.2, 0.25) is 0 Å². The zero-order chi connectivity index (χ0) is 18.1. The number of hydrogen-bond donors (Lipinski definition) is 1. The molecule has 0 aliphatic heterocycles. The third-order valence-corrected chi connectivity index (χ3v) is 4.95. The molecular weight excluding hydrogens is 348 g/mol. The first-order chi connectivity index (χ1) is 12.6. The van der Waals surface area contributed by atoms with E-state index in [2.05, 4.69) is 15.3 Å². The zero-order valence-electron chi connectivity index (χ0n) is 13.8. The minimum Gasteiger partial charge on any atom is -0.322 e. The summed E-state index contributed by atoms with van der Waals surface area (Å²) in [5.41, 5.74) is 2.20. The van der Waals surface area contributed by atoms with Gasteiger partial charge in [0.25, 0.3) is 11.5 Å². The molecule has 3 aromatic heterocycles. The first-order valence-corrected chi connectivity index (χ1v) is 8.72. The number of nitrogens with one attached hydrogen (secondary N) is 1. The number of pyridine rings is 2. The molecule has 1 aromatic carbocycles. The molecule has 0 fully saturated rings. The van der Waals surface area contributed by atoms with Gasteiger partial charge < -0.3 is 9.88 Å². The second-order valence-corrected chi connectivity index (χ2v) is 6.69. The third kappa shape index (κ3) is 3.00. The summed E-state index contributed by atoms with van der Waals surface area (Å²) < 4.78 is 1.37. The van der Waals surface area contributed by atoms with Crippen molar-refractivity contribution >= 4 is 33.3 Å². The van der Waals surface area contributed by atoms with Crippen molar-refractivity contribution in [2.75, 3.05) is 5.32 Å². The van der Waals surface area contributed by atoms with Crippen LogP contribution < -0.4 is 10.9 Å².